The van der Waals surface area contributed by atoms with Crippen LogP contribution in [0.1, 0.15) is 17.3 Å². The topological polar surface area (TPSA) is 88.9 Å². The summed E-state index contributed by atoms with van der Waals surface area (Å²) in [7, 11) is 1.82. The van der Waals surface area contributed by atoms with E-state index in [4.69, 9.17) is 0 Å². The van der Waals surface area contributed by atoms with E-state index in [-0.39, 0.29) is 17.6 Å². The molecule has 8 heteroatoms. The van der Waals surface area contributed by atoms with Crippen molar-refractivity contribution >= 4 is 29.3 Å². The van der Waals surface area contributed by atoms with Gasteiger partial charge in [0.1, 0.15) is 6.33 Å². The normalized spacial score (nSPS) is 10.3. The van der Waals surface area contributed by atoms with Gasteiger partial charge in [-0.3, -0.25) is 9.59 Å². The largest absolute Gasteiger partial charge is 0.352 e. The predicted octanol–water partition coefficient (Wildman–Crippen LogP) is 1.30. The molecule has 0 atom stereocenters. The third-order valence-corrected chi connectivity index (χ3v) is 3.78. The Balaban J connectivity index is 1.92. The predicted molar refractivity (Wildman–Crippen MR) is 84.8 cm³/mol. The molecule has 1 aromatic heterocycles. The minimum Gasteiger partial charge on any atom is -0.352 e. The molecule has 0 spiro atoms. The van der Waals surface area contributed by atoms with Crippen molar-refractivity contribution in [2.24, 2.45) is 7.05 Å². The summed E-state index contributed by atoms with van der Waals surface area (Å²) >= 11 is 1.30. The van der Waals surface area contributed by atoms with Crippen LogP contribution in [0.25, 0.3) is 0 Å². The zero-order valence-electron chi connectivity index (χ0n) is 12.4. The number of aryl methyl sites for hydroxylation is 1. The minimum absolute atomic E-state index is 0.160. The van der Waals surface area contributed by atoms with E-state index in [0.29, 0.717) is 23.0 Å². The number of thioether (sulfide) groups is 1. The first-order chi connectivity index (χ1) is 10.6. The fourth-order valence-electron chi connectivity index (χ4n) is 1.73. The molecule has 7 nitrogen and oxygen atoms in total. The number of benzene rings is 1. The van der Waals surface area contributed by atoms with E-state index in [0.717, 1.165) is 0 Å². The molecule has 2 amide bonds. The highest BCUT2D eigenvalue weighted by Crippen LogP contribution is 2.15. The lowest BCUT2D eigenvalue weighted by molar-refractivity contribution is -0.113. The van der Waals surface area contributed by atoms with E-state index in [1.807, 2.05) is 14.0 Å². The van der Waals surface area contributed by atoms with Gasteiger partial charge in [-0.25, -0.2) is 0 Å². The number of nitrogens with one attached hydrogen (secondary N) is 2. The monoisotopic (exact) mass is 319 g/mol. The van der Waals surface area contributed by atoms with E-state index in [1.165, 1.54) is 11.8 Å². The van der Waals surface area contributed by atoms with E-state index in [2.05, 4.69) is 20.8 Å². The van der Waals surface area contributed by atoms with Gasteiger partial charge in [-0.1, -0.05) is 17.8 Å². The van der Waals surface area contributed by atoms with Gasteiger partial charge in [-0.2, -0.15) is 0 Å². The van der Waals surface area contributed by atoms with Crippen molar-refractivity contribution in [2.75, 3.05) is 17.6 Å². The van der Waals surface area contributed by atoms with Gasteiger partial charge in [-0.05, 0) is 25.1 Å². The van der Waals surface area contributed by atoms with Crippen molar-refractivity contribution in [2.45, 2.75) is 12.1 Å². The Morgan fingerprint density at radius 2 is 2.18 bits per heavy atom. The summed E-state index contributed by atoms with van der Waals surface area (Å²) in [4.78, 5) is 23.7. The van der Waals surface area contributed by atoms with Crippen LogP contribution in [0.3, 0.4) is 0 Å². The average molecular weight is 319 g/mol. The number of carbonyl (C=O) groups is 2. The van der Waals surface area contributed by atoms with Crippen molar-refractivity contribution in [1.29, 1.82) is 0 Å². The Morgan fingerprint density at radius 1 is 1.36 bits per heavy atom. The molecular weight excluding hydrogens is 302 g/mol. The Bertz CT molecular complexity index is 671. The molecule has 0 aliphatic carbocycles. The van der Waals surface area contributed by atoms with Crippen molar-refractivity contribution in [1.82, 2.24) is 20.1 Å². The Labute approximate surface area is 132 Å². The molecule has 2 rings (SSSR count). The molecule has 1 aromatic carbocycles. The molecule has 1 heterocycles. The molecule has 2 aromatic rings. The first-order valence-electron chi connectivity index (χ1n) is 6.75. The first-order valence-corrected chi connectivity index (χ1v) is 7.73. The van der Waals surface area contributed by atoms with Gasteiger partial charge in [0.15, 0.2) is 5.16 Å². The molecule has 0 radical (unpaired) electrons. The number of anilines is 1. The highest BCUT2D eigenvalue weighted by Gasteiger charge is 2.09. The van der Waals surface area contributed by atoms with Crippen LogP contribution in [0.5, 0.6) is 0 Å². The van der Waals surface area contributed by atoms with Crippen LogP contribution in [0.4, 0.5) is 5.69 Å². The average Bonchev–Trinajstić information content (AvgIpc) is 2.91. The van der Waals surface area contributed by atoms with Crippen LogP contribution in [-0.2, 0) is 11.8 Å². The SMILES string of the molecule is CCNC(=O)c1cccc(NC(=O)CSc2nncn2C)c1. The highest BCUT2D eigenvalue weighted by molar-refractivity contribution is 7.99. The van der Waals surface area contributed by atoms with Crippen LogP contribution in [0.15, 0.2) is 35.7 Å². The second-order valence-electron chi connectivity index (χ2n) is 4.50. The number of hydrogen-bond acceptors (Lipinski definition) is 5. The maximum Gasteiger partial charge on any atom is 0.251 e. The fourth-order valence-corrected chi connectivity index (χ4v) is 2.42. The molecule has 0 saturated heterocycles. The fraction of sp³-hybridized carbons (Fsp3) is 0.286. The summed E-state index contributed by atoms with van der Waals surface area (Å²) in [5.41, 5.74) is 1.10. The van der Waals surface area contributed by atoms with Crippen LogP contribution in [0.2, 0.25) is 0 Å². The number of hydrogen-bond donors (Lipinski definition) is 2. The summed E-state index contributed by atoms with van der Waals surface area (Å²) < 4.78 is 1.74. The van der Waals surface area contributed by atoms with Crippen LogP contribution >= 0.6 is 11.8 Å². The maximum atomic E-state index is 11.9. The molecule has 116 valence electrons. The van der Waals surface area contributed by atoms with E-state index < -0.39 is 0 Å². The Hall–Kier alpha value is -2.35. The lowest BCUT2D eigenvalue weighted by Gasteiger charge is -2.07. The molecular formula is C14H17N5O2S. The van der Waals surface area contributed by atoms with Crippen molar-refractivity contribution in [3.05, 3.63) is 36.2 Å². The number of carbonyl (C=O) groups excluding carboxylic acids is 2. The smallest absolute Gasteiger partial charge is 0.251 e. The van der Waals surface area contributed by atoms with Crippen molar-refractivity contribution in [3.8, 4) is 0 Å². The van der Waals surface area contributed by atoms with Crippen LogP contribution in [0, 0.1) is 0 Å². The lowest BCUT2D eigenvalue weighted by Crippen LogP contribution is -2.23. The van der Waals surface area contributed by atoms with Crippen molar-refractivity contribution in [3.63, 3.8) is 0 Å². The third kappa shape index (κ3) is 4.32. The van der Waals surface area contributed by atoms with Gasteiger partial charge in [0, 0.05) is 24.8 Å². The molecule has 2 N–H and O–H groups in total. The molecule has 0 bridgehead atoms. The van der Waals surface area contributed by atoms with Gasteiger partial charge in [0.2, 0.25) is 5.91 Å². The molecule has 22 heavy (non-hydrogen) atoms. The Morgan fingerprint density at radius 3 is 2.86 bits per heavy atom. The number of rotatable bonds is 6. The molecule has 0 saturated carbocycles. The van der Waals surface area contributed by atoms with E-state index in [9.17, 15) is 9.59 Å². The van der Waals surface area contributed by atoms with E-state index >= 15 is 0 Å². The summed E-state index contributed by atoms with van der Waals surface area (Å²) in [6.45, 7) is 2.41. The summed E-state index contributed by atoms with van der Waals surface area (Å²) in [6.07, 6.45) is 1.58. The first kappa shape index (κ1) is 16.0. The molecule has 0 aliphatic heterocycles. The van der Waals surface area contributed by atoms with Gasteiger partial charge >= 0.3 is 0 Å². The second kappa shape index (κ2) is 7.60. The van der Waals surface area contributed by atoms with Crippen LogP contribution in [-0.4, -0.2) is 38.9 Å². The quantitative estimate of drug-likeness (QED) is 0.783. The van der Waals surface area contributed by atoms with Gasteiger partial charge in [0.05, 0.1) is 5.75 Å². The van der Waals surface area contributed by atoms with Crippen LogP contribution < -0.4 is 10.6 Å². The number of aromatic nitrogens is 3. The van der Waals surface area contributed by atoms with E-state index in [1.54, 1.807) is 35.2 Å². The number of nitrogens with zero attached hydrogens (tertiary/aromatic N) is 3. The second-order valence-corrected chi connectivity index (χ2v) is 5.44. The summed E-state index contributed by atoms with van der Waals surface area (Å²) in [5.74, 6) is -0.106. The van der Waals surface area contributed by atoms with Crippen molar-refractivity contribution < 1.29 is 9.59 Å². The lowest BCUT2D eigenvalue weighted by atomic mass is 10.2. The minimum atomic E-state index is -0.166. The summed E-state index contributed by atoms with van der Waals surface area (Å²) in [5, 5.41) is 13.8. The third-order valence-electron chi connectivity index (χ3n) is 2.75. The zero-order valence-corrected chi connectivity index (χ0v) is 13.2. The molecule has 0 aliphatic rings. The standard InChI is InChI=1S/C14H17N5O2S/c1-3-15-13(21)10-5-4-6-11(7-10)17-12(20)8-22-14-18-16-9-19(14)2/h4-7,9H,3,8H2,1-2H3,(H,15,21)(H,17,20). The maximum absolute atomic E-state index is 11.9. The summed E-state index contributed by atoms with van der Waals surface area (Å²) in [6, 6.07) is 6.83. The number of amides is 2. The van der Waals surface area contributed by atoms with Gasteiger partial charge < -0.3 is 15.2 Å². The van der Waals surface area contributed by atoms with Gasteiger partial charge in [0.25, 0.3) is 5.91 Å². The highest BCUT2D eigenvalue weighted by atomic mass is 32.2. The molecule has 0 unspecified atom stereocenters. The zero-order chi connectivity index (χ0) is 15.9. The van der Waals surface area contributed by atoms with Gasteiger partial charge in [-0.15, -0.1) is 10.2 Å². The molecule has 0 fully saturated rings. The Kier molecular flexibility index (Phi) is 5.54.